The molecule has 0 radical (unpaired) electrons. The molecule has 2 rings (SSSR count). The van der Waals surface area contributed by atoms with Gasteiger partial charge in [0.2, 0.25) is 0 Å². The van der Waals surface area contributed by atoms with Crippen molar-refractivity contribution in [1.82, 2.24) is 10.6 Å². The summed E-state index contributed by atoms with van der Waals surface area (Å²) in [6, 6.07) is 2.60. The number of benzene rings is 1. The number of nitrogens with one attached hydrogen (secondary N) is 2. The van der Waals surface area contributed by atoms with E-state index in [0.717, 1.165) is 32.4 Å². The first-order valence-corrected chi connectivity index (χ1v) is 8.55. The molecule has 1 aliphatic heterocycles. The molecule has 8 nitrogen and oxygen atoms in total. The summed E-state index contributed by atoms with van der Waals surface area (Å²) < 4.78 is 10.5. The molecule has 1 heterocycles. The van der Waals surface area contributed by atoms with E-state index >= 15 is 0 Å². The lowest BCUT2D eigenvalue weighted by molar-refractivity contribution is -0.385. The maximum absolute atomic E-state index is 12.4. The van der Waals surface area contributed by atoms with Gasteiger partial charge in [-0.25, -0.2) is 0 Å². The molecule has 0 spiro atoms. The fourth-order valence-corrected chi connectivity index (χ4v) is 2.97. The average Bonchev–Trinajstić information content (AvgIpc) is 2.62. The van der Waals surface area contributed by atoms with Crippen LogP contribution in [0.25, 0.3) is 0 Å². The monoisotopic (exact) mass is 351 g/mol. The minimum absolute atomic E-state index is 0.0212. The number of amides is 1. The molecule has 0 aliphatic carbocycles. The van der Waals surface area contributed by atoms with E-state index in [0.29, 0.717) is 24.8 Å². The highest BCUT2D eigenvalue weighted by Gasteiger charge is 2.24. The second-order valence-electron chi connectivity index (χ2n) is 5.97. The van der Waals surface area contributed by atoms with Crippen LogP contribution in [0.15, 0.2) is 12.1 Å². The summed E-state index contributed by atoms with van der Waals surface area (Å²) in [5.41, 5.74) is -0.312. The van der Waals surface area contributed by atoms with Crippen molar-refractivity contribution in [3.8, 4) is 11.5 Å². The molecule has 1 saturated heterocycles. The number of carbonyl (C=O) groups excluding carboxylic acids is 1. The standard InChI is InChI=1S/C17H25N3O5/c1-3-25-16-10-14(20(22)23)13(9-15(16)24-2)17(21)19-8-6-12-5-4-7-18-11-12/h9-10,12,18H,3-8,11H2,1-2H3,(H,19,21). The molecule has 8 heteroatoms. The topological polar surface area (TPSA) is 103 Å². The van der Waals surface area contributed by atoms with Gasteiger partial charge >= 0.3 is 0 Å². The average molecular weight is 351 g/mol. The summed E-state index contributed by atoms with van der Waals surface area (Å²) in [7, 11) is 1.43. The Bertz CT molecular complexity index is 615. The lowest BCUT2D eigenvalue weighted by Crippen LogP contribution is -2.33. The van der Waals surface area contributed by atoms with Crippen molar-refractivity contribution < 1.29 is 19.2 Å². The molecule has 1 unspecified atom stereocenters. The van der Waals surface area contributed by atoms with Crippen LogP contribution in [0.1, 0.15) is 36.5 Å². The molecule has 0 saturated carbocycles. The number of methoxy groups -OCH3 is 1. The number of piperidine rings is 1. The van der Waals surface area contributed by atoms with Gasteiger partial charge in [0.1, 0.15) is 5.56 Å². The third-order valence-corrected chi connectivity index (χ3v) is 4.26. The van der Waals surface area contributed by atoms with Gasteiger partial charge in [-0.05, 0) is 45.2 Å². The Hall–Kier alpha value is -2.35. The summed E-state index contributed by atoms with van der Waals surface area (Å²) in [6.45, 7) is 4.59. The Morgan fingerprint density at radius 1 is 1.44 bits per heavy atom. The Kier molecular flexibility index (Phi) is 7.00. The molecule has 1 aromatic carbocycles. The number of rotatable bonds is 8. The first kappa shape index (κ1) is 19.0. The number of nitrogens with zero attached hydrogens (tertiary/aromatic N) is 1. The first-order chi connectivity index (χ1) is 12.1. The van der Waals surface area contributed by atoms with E-state index in [1.807, 2.05) is 0 Å². The van der Waals surface area contributed by atoms with E-state index in [4.69, 9.17) is 9.47 Å². The van der Waals surface area contributed by atoms with Gasteiger partial charge in [-0.3, -0.25) is 14.9 Å². The molecule has 0 bridgehead atoms. The lowest BCUT2D eigenvalue weighted by atomic mass is 9.96. The smallest absolute Gasteiger partial charge is 0.286 e. The molecule has 1 amide bonds. The molecule has 0 aromatic heterocycles. The molecule has 25 heavy (non-hydrogen) atoms. The molecule has 1 fully saturated rings. The van der Waals surface area contributed by atoms with Crippen molar-refractivity contribution in [3.63, 3.8) is 0 Å². The number of hydrogen-bond donors (Lipinski definition) is 2. The number of ether oxygens (including phenoxy) is 2. The fraction of sp³-hybridized carbons (Fsp3) is 0.588. The Morgan fingerprint density at radius 2 is 2.24 bits per heavy atom. The zero-order chi connectivity index (χ0) is 18.2. The van der Waals surface area contributed by atoms with Crippen LogP contribution in [-0.4, -0.2) is 44.2 Å². The summed E-state index contributed by atoms with van der Waals surface area (Å²) in [5.74, 6) is 0.603. The molecular weight excluding hydrogens is 326 g/mol. The van der Waals surface area contributed by atoms with Crippen LogP contribution in [0.4, 0.5) is 5.69 Å². The number of nitro benzene ring substituents is 1. The zero-order valence-electron chi connectivity index (χ0n) is 14.7. The minimum Gasteiger partial charge on any atom is -0.493 e. The Morgan fingerprint density at radius 3 is 2.84 bits per heavy atom. The van der Waals surface area contributed by atoms with Gasteiger partial charge in [0.15, 0.2) is 11.5 Å². The fourth-order valence-electron chi connectivity index (χ4n) is 2.97. The van der Waals surface area contributed by atoms with Crippen LogP contribution in [0.2, 0.25) is 0 Å². The quantitative estimate of drug-likeness (QED) is 0.549. The Labute approximate surface area is 147 Å². The van der Waals surface area contributed by atoms with E-state index in [2.05, 4.69) is 10.6 Å². The molecular formula is C17H25N3O5. The van der Waals surface area contributed by atoms with Gasteiger partial charge in [0.05, 0.1) is 24.7 Å². The predicted molar refractivity (Wildman–Crippen MR) is 93.4 cm³/mol. The van der Waals surface area contributed by atoms with Crippen molar-refractivity contribution in [3.05, 3.63) is 27.8 Å². The largest absolute Gasteiger partial charge is 0.493 e. The van der Waals surface area contributed by atoms with Crippen molar-refractivity contribution >= 4 is 11.6 Å². The number of carbonyl (C=O) groups is 1. The van der Waals surface area contributed by atoms with Gasteiger partial charge in [0.25, 0.3) is 11.6 Å². The molecule has 1 aliphatic rings. The summed E-state index contributed by atoms with van der Waals surface area (Å²) in [4.78, 5) is 23.2. The van der Waals surface area contributed by atoms with Gasteiger partial charge < -0.3 is 20.1 Å². The van der Waals surface area contributed by atoms with Crippen molar-refractivity contribution in [1.29, 1.82) is 0 Å². The van der Waals surface area contributed by atoms with Crippen LogP contribution in [0, 0.1) is 16.0 Å². The molecule has 138 valence electrons. The number of hydrogen-bond acceptors (Lipinski definition) is 6. The third-order valence-electron chi connectivity index (χ3n) is 4.26. The normalized spacial score (nSPS) is 17.0. The highest BCUT2D eigenvalue weighted by molar-refractivity contribution is 5.99. The van der Waals surface area contributed by atoms with Crippen molar-refractivity contribution in [2.24, 2.45) is 5.92 Å². The van der Waals surface area contributed by atoms with Gasteiger partial charge in [-0.15, -0.1) is 0 Å². The van der Waals surface area contributed by atoms with Crippen molar-refractivity contribution in [2.45, 2.75) is 26.2 Å². The first-order valence-electron chi connectivity index (χ1n) is 8.55. The lowest BCUT2D eigenvalue weighted by Gasteiger charge is -2.22. The van der Waals surface area contributed by atoms with Gasteiger partial charge in [-0.2, -0.15) is 0 Å². The summed E-state index contributed by atoms with van der Waals surface area (Å²) in [5, 5.41) is 17.4. The van der Waals surface area contributed by atoms with Crippen LogP contribution < -0.4 is 20.1 Å². The van der Waals surface area contributed by atoms with Gasteiger partial charge in [-0.1, -0.05) is 0 Å². The van der Waals surface area contributed by atoms with E-state index in [1.54, 1.807) is 6.92 Å². The van der Waals surface area contributed by atoms with Gasteiger partial charge in [0, 0.05) is 12.6 Å². The van der Waals surface area contributed by atoms with Crippen LogP contribution in [-0.2, 0) is 0 Å². The SMILES string of the molecule is CCOc1cc([N+](=O)[O-])c(C(=O)NCCC2CCCNC2)cc1OC. The molecule has 1 atom stereocenters. The molecule has 2 N–H and O–H groups in total. The third kappa shape index (κ3) is 5.06. The van der Waals surface area contributed by atoms with E-state index in [1.165, 1.54) is 19.2 Å². The second-order valence-corrected chi connectivity index (χ2v) is 5.97. The maximum Gasteiger partial charge on any atom is 0.286 e. The zero-order valence-corrected chi connectivity index (χ0v) is 14.7. The van der Waals surface area contributed by atoms with Crippen molar-refractivity contribution in [2.75, 3.05) is 33.4 Å². The van der Waals surface area contributed by atoms with Crippen LogP contribution >= 0.6 is 0 Å². The summed E-state index contributed by atoms with van der Waals surface area (Å²) in [6.07, 6.45) is 3.13. The highest BCUT2D eigenvalue weighted by atomic mass is 16.6. The predicted octanol–water partition coefficient (Wildman–Crippen LogP) is 2.12. The van der Waals surface area contributed by atoms with Crippen LogP contribution in [0.5, 0.6) is 11.5 Å². The minimum atomic E-state index is -0.581. The second kappa shape index (κ2) is 9.22. The highest BCUT2D eigenvalue weighted by Crippen LogP contribution is 2.34. The maximum atomic E-state index is 12.4. The van der Waals surface area contributed by atoms with Crippen LogP contribution in [0.3, 0.4) is 0 Å². The molecule has 1 aromatic rings. The van der Waals surface area contributed by atoms with E-state index in [-0.39, 0.29) is 17.0 Å². The summed E-state index contributed by atoms with van der Waals surface area (Å²) >= 11 is 0. The Balaban J connectivity index is 2.09. The van der Waals surface area contributed by atoms with E-state index in [9.17, 15) is 14.9 Å². The van der Waals surface area contributed by atoms with E-state index < -0.39 is 10.8 Å². The number of nitro groups is 1.